The third kappa shape index (κ3) is 4.91. The molecule has 1 aromatic carbocycles. The number of rotatable bonds is 6. The largest absolute Gasteiger partial charge is 0.352 e. The summed E-state index contributed by atoms with van der Waals surface area (Å²) in [6, 6.07) is 10.9. The molecule has 4 nitrogen and oxygen atoms in total. The summed E-state index contributed by atoms with van der Waals surface area (Å²) < 4.78 is 0. The van der Waals surface area contributed by atoms with Crippen molar-refractivity contribution in [2.45, 2.75) is 31.8 Å². The first-order chi connectivity index (χ1) is 11.2. The lowest BCUT2D eigenvalue weighted by Gasteiger charge is -2.37. The van der Waals surface area contributed by atoms with E-state index in [0.717, 1.165) is 45.6 Å². The summed E-state index contributed by atoms with van der Waals surface area (Å²) >= 11 is 0. The van der Waals surface area contributed by atoms with Gasteiger partial charge in [0.25, 0.3) is 0 Å². The van der Waals surface area contributed by atoms with E-state index < -0.39 is 0 Å². The lowest BCUT2D eigenvalue weighted by atomic mass is 10.2. The Hall–Kier alpha value is -1.65. The fraction of sp³-hybridized carbons (Fsp3) is 0.526. The lowest BCUT2D eigenvalue weighted by molar-refractivity contribution is -0.126. The number of nitrogens with one attached hydrogen (secondary N) is 1. The van der Waals surface area contributed by atoms with Gasteiger partial charge in [0.05, 0.1) is 6.04 Å². The minimum absolute atomic E-state index is 0.00221. The Labute approximate surface area is 139 Å². The minimum atomic E-state index is -0.00221. The number of carbonyl (C=O) groups is 1. The van der Waals surface area contributed by atoms with Crippen molar-refractivity contribution < 1.29 is 4.79 Å². The summed E-state index contributed by atoms with van der Waals surface area (Å²) in [5.41, 5.74) is 1.25. The third-order valence-corrected chi connectivity index (χ3v) is 4.73. The molecule has 1 atom stereocenters. The average molecular weight is 313 g/mol. The van der Waals surface area contributed by atoms with Crippen LogP contribution in [-0.4, -0.2) is 60.5 Å². The number of hydrogen-bond donors (Lipinski definition) is 1. The summed E-state index contributed by atoms with van der Waals surface area (Å²) in [5, 5.41) is 3.11. The second kappa shape index (κ2) is 7.75. The van der Waals surface area contributed by atoms with Gasteiger partial charge >= 0.3 is 0 Å². The van der Waals surface area contributed by atoms with Gasteiger partial charge in [-0.3, -0.25) is 14.6 Å². The Kier molecular flexibility index (Phi) is 5.47. The molecular formula is C19H27N3O. The van der Waals surface area contributed by atoms with Crippen molar-refractivity contribution in [1.29, 1.82) is 0 Å². The van der Waals surface area contributed by atoms with Crippen LogP contribution in [0, 0.1) is 0 Å². The Morgan fingerprint density at radius 3 is 2.57 bits per heavy atom. The number of amides is 1. The van der Waals surface area contributed by atoms with Crippen molar-refractivity contribution in [2.24, 2.45) is 0 Å². The molecule has 2 fully saturated rings. The van der Waals surface area contributed by atoms with Crippen molar-refractivity contribution in [3.8, 4) is 0 Å². The summed E-state index contributed by atoms with van der Waals surface area (Å²) in [7, 11) is 0. The van der Waals surface area contributed by atoms with Crippen molar-refractivity contribution in [2.75, 3.05) is 32.7 Å². The zero-order valence-corrected chi connectivity index (χ0v) is 13.9. The zero-order valence-electron chi connectivity index (χ0n) is 13.9. The van der Waals surface area contributed by atoms with Crippen LogP contribution in [0.15, 0.2) is 36.4 Å². The highest BCUT2D eigenvalue weighted by Gasteiger charge is 2.29. The summed E-state index contributed by atoms with van der Waals surface area (Å²) in [6.07, 6.45) is 6.71. The predicted octanol–water partition coefficient (Wildman–Crippen LogP) is 1.98. The number of carbonyl (C=O) groups excluding carboxylic acids is 1. The zero-order chi connectivity index (χ0) is 16.1. The van der Waals surface area contributed by atoms with E-state index in [1.165, 1.54) is 5.56 Å². The van der Waals surface area contributed by atoms with Gasteiger partial charge in [-0.15, -0.1) is 0 Å². The van der Waals surface area contributed by atoms with E-state index in [4.69, 9.17) is 0 Å². The van der Waals surface area contributed by atoms with Crippen LogP contribution in [0.2, 0.25) is 0 Å². The Bertz CT molecular complexity index is 531. The normalized spacial score (nSPS) is 21.4. The van der Waals surface area contributed by atoms with Gasteiger partial charge in [0.15, 0.2) is 0 Å². The second-order valence-electron chi connectivity index (χ2n) is 6.61. The molecule has 1 aliphatic carbocycles. The molecule has 1 amide bonds. The molecule has 0 spiro atoms. The number of piperazine rings is 1. The van der Waals surface area contributed by atoms with Crippen LogP contribution in [0.4, 0.5) is 0 Å². The van der Waals surface area contributed by atoms with Crippen molar-refractivity contribution in [3.05, 3.63) is 42.0 Å². The molecule has 1 aromatic rings. The number of hydrogen-bond acceptors (Lipinski definition) is 3. The second-order valence-corrected chi connectivity index (χ2v) is 6.61. The molecular weight excluding hydrogens is 286 g/mol. The molecule has 0 bridgehead atoms. The summed E-state index contributed by atoms with van der Waals surface area (Å²) in [6.45, 7) is 7.01. The molecule has 0 radical (unpaired) electrons. The van der Waals surface area contributed by atoms with Gasteiger partial charge in [0.1, 0.15) is 0 Å². The monoisotopic (exact) mass is 313 g/mol. The maximum atomic E-state index is 12.1. The van der Waals surface area contributed by atoms with Gasteiger partial charge in [0.2, 0.25) is 5.91 Å². The van der Waals surface area contributed by atoms with E-state index in [9.17, 15) is 4.79 Å². The van der Waals surface area contributed by atoms with Gasteiger partial charge in [-0.25, -0.2) is 0 Å². The van der Waals surface area contributed by atoms with Gasteiger partial charge in [0, 0.05) is 38.8 Å². The summed E-state index contributed by atoms with van der Waals surface area (Å²) in [4.78, 5) is 16.9. The molecule has 1 heterocycles. The van der Waals surface area contributed by atoms with E-state index in [1.807, 2.05) is 13.0 Å². The fourth-order valence-electron chi connectivity index (χ4n) is 2.95. The van der Waals surface area contributed by atoms with E-state index in [-0.39, 0.29) is 11.9 Å². The van der Waals surface area contributed by atoms with Crippen LogP contribution in [0.25, 0.3) is 6.08 Å². The molecule has 0 aromatic heterocycles. The average Bonchev–Trinajstić information content (AvgIpc) is 3.40. The fourth-order valence-corrected chi connectivity index (χ4v) is 2.95. The van der Waals surface area contributed by atoms with E-state index in [2.05, 4.69) is 51.5 Å². The van der Waals surface area contributed by atoms with Crippen LogP contribution in [0.5, 0.6) is 0 Å². The molecule has 3 rings (SSSR count). The van der Waals surface area contributed by atoms with Crippen molar-refractivity contribution in [1.82, 2.24) is 15.1 Å². The van der Waals surface area contributed by atoms with E-state index in [0.29, 0.717) is 6.04 Å². The molecule has 23 heavy (non-hydrogen) atoms. The molecule has 1 saturated carbocycles. The highest BCUT2D eigenvalue weighted by Crippen LogP contribution is 2.19. The van der Waals surface area contributed by atoms with Crippen LogP contribution < -0.4 is 5.32 Å². The Morgan fingerprint density at radius 1 is 1.22 bits per heavy atom. The summed E-state index contributed by atoms with van der Waals surface area (Å²) in [5.74, 6) is 0.199. The van der Waals surface area contributed by atoms with Crippen LogP contribution in [0.1, 0.15) is 25.3 Å². The molecule has 1 unspecified atom stereocenters. The Morgan fingerprint density at radius 2 is 1.91 bits per heavy atom. The highest BCUT2D eigenvalue weighted by atomic mass is 16.2. The smallest absolute Gasteiger partial charge is 0.237 e. The maximum absolute atomic E-state index is 12.1. The van der Waals surface area contributed by atoms with Gasteiger partial charge in [-0.1, -0.05) is 42.5 Å². The van der Waals surface area contributed by atoms with Gasteiger partial charge < -0.3 is 5.32 Å². The first-order valence-electron chi connectivity index (χ1n) is 8.71. The lowest BCUT2D eigenvalue weighted by Crippen LogP contribution is -2.54. The SMILES string of the molecule is CC(C(=O)NC1CC1)N1CCN(C/C=C/c2ccccc2)CC1. The molecule has 124 valence electrons. The van der Waals surface area contributed by atoms with Crippen molar-refractivity contribution in [3.63, 3.8) is 0 Å². The van der Waals surface area contributed by atoms with Crippen molar-refractivity contribution >= 4 is 12.0 Å². The quantitative estimate of drug-likeness (QED) is 0.872. The van der Waals surface area contributed by atoms with E-state index in [1.54, 1.807) is 0 Å². The first kappa shape index (κ1) is 16.2. The van der Waals surface area contributed by atoms with Crippen LogP contribution in [-0.2, 0) is 4.79 Å². The standard InChI is InChI=1S/C19H27N3O/c1-16(19(23)20-18-9-10-18)22-14-12-21(13-15-22)11-5-8-17-6-3-2-4-7-17/h2-8,16,18H,9-15H2,1H3,(H,20,23)/b8-5+. The molecule has 1 N–H and O–H groups in total. The molecule has 1 aliphatic heterocycles. The molecule has 4 heteroatoms. The number of benzene rings is 1. The van der Waals surface area contributed by atoms with E-state index >= 15 is 0 Å². The topological polar surface area (TPSA) is 35.6 Å². The van der Waals surface area contributed by atoms with Crippen LogP contribution in [0.3, 0.4) is 0 Å². The van der Waals surface area contributed by atoms with Gasteiger partial charge in [-0.05, 0) is 25.3 Å². The maximum Gasteiger partial charge on any atom is 0.237 e. The Balaban J connectivity index is 1.39. The minimum Gasteiger partial charge on any atom is -0.352 e. The first-order valence-corrected chi connectivity index (χ1v) is 8.71. The molecule has 1 saturated heterocycles. The predicted molar refractivity (Wildman–Crippen MR) is 94.1 cm³/mol. The third-order valence-electron chi connectivity index (χ3n) is 4.73. The van der Waals surface area contributed by atoms with Crippen LogP contribution >= 0.6 is 0 Å². The highest BCUT2D eigenvalue weighted by molar-refractivity contribution is 5.81. The number of nitrogens with zero attached hydrogens (tertiary/aromatic N) is 2. The van der Waals surface area contributed by atoms with Gasteiger partial charge in [-0.2, -0.15) is 0 Å². The molecule has 2 aliphatic rings.